The highest BCUT2D eigenvalue weighted by atomic mass is 19.1. The van der Waals surface area contributed by atoms with Gasteiger partial charge < -0.3 is 9.32 Å². The zero-order valence-electron chi connectivity index (χ0n) is 18.7. The zero-order chi connectivity index (χ0) is 22.0. The smallest absolute Gasteiger partial charge is 0.198 e. The summed E-state index contributed by atoms with van der Waals surface area (Å²) in [4.78, 5) is 7.12. The summed E-state index contributed by atoms with van der Waals surface area (Å²) >= 11 is 0. The number of oxazole rings is 1. The first-order valence-electron chi connectivity index (χ1n) is 11.2. The number of likely N-dealkylation sites (tertiary alicyclic amines) is 1. The van der Waals surface area contributed by atoms with Gasteiger partial charge in [-0.15, -0.1) is 0 Å². The van der Waals surface area contributed by atoms with E-state index in [9.17, 15) is 4.39 Å². The first kappa shape index (κ1) is 21.4. The molecular weight excluding hydrogens is 387 g/mol. The predicted octanol–water partition coefficient (Wildman–Crippen LogP) is 7.22. The lowest BCUT2D eigenvalue weighted by Gasteiger charge is -2.32. The molecule has 1 aromatic heterocycles. The Morgan fingerprint density at radius 3 is 2.68 bits per heavy atom. The van der Waals surface area contributed by atoms with Crippen molar-refractivity contribution in [2.75, 3.05) is 13.1 Å². The Kier molecular flexibility index (Phi) is 6.26. The van der Waals surface area contributed by atoms with Crippen LogP contribution in [0.1, 0.15) is 68.0 Å². The maximum Gasteiger partial charge on any atom is 0.198 e. The van der Waals surface area contributed by atoms with Crippen molar-refractivity contribution in [3.63, 3.8) is 0 Å². The number of hydrogen-bond acceptors (Lipinski definition) is 3. The van der Waals surface area contributed by atoms with Crippen LogP contribution in [-0.4, -0.2) is 23.0 Å². The minimum atomic E-state index is -0.205. The summed E-state index contributed by atoms with van der Waals surface area (Å²) in [5.41, 5.74) is 7.03. The van der Waals surface area contributed by atoms with E-state index in [1.165, 1.54) is 6.07 Å². The number of aromatic nitrogens is 1. The molecule has 0 saturated carbocycles. The molecule has 1 saturated heterocycles. The van der Waals surface area contributed by atoms with Crippen molar-refractivity contribution >= 4 is 16.7 Å². The second-order valence-corrected chi connectivity index (χ2v) is 8.60. The van der Waals surface area contributed by atoms with Gasteiger partial charge in [0.2, 0.25) is 0 Å². The lowest BCUT2D eigenvalue weighted by Crippen LogP contribution is -2.31. The van der Waals surface area contributed by atoms with E-state index in [1.54, 1.807) is 6.07 Å². The van der Waals surface area contributed by atoms with Crippen LogP contribution in [0.25, 0.3) is 16.7 Å². The van der Waals surface area contributed by atoms with Gasteiger partial charge in [-0.1, -0.05) is 38.1 Å². The van der Waals surface area contributed by atoms with Gasteiger partial charge in [-0.05, 0) is 79.6 Å². The van der Waals surface area contributed by atoms with E-state index in [0.717, 1.165) is 83.7 Å². The highest BCUT2D eigenvalue weighted by Crippen LogP contribution is 2.33. The molecule has 3 aromatic rings. The van der Waals surface area contributed by atoms with Crippen LogP contribution >= 0.6 is 0 Å². The average molecular weight is 419 g/mol. The second kappa shape index (κ2) is 9.09. The van der Waals surface area contributed by atoms with Gasteiger partial charge in [-0.25, -0.2) is 9.37 Å². The average Bonchev–Trinajstić information content (AvgIpc) is 3.19. The summed E-state index contributed by atoms with van der Waals surface area (Å²) in [5, 5.41) is 0. The number of hydrogen-bond donors (Lipinski definition) is 0. The molecule has 4 rings (SSSR count). The standard InChI is InChI=1S/C27H31FN2O/c1-5-6-7-24(23-10-9-22(28)16-19(23)4)21-8-11-25-26(17-21)31-27(29-25)20-12-14-30(15-13-20)18(2)3/h7-11,16-17,20H,2,5-6,12-15H2,1,3-4H3. The van der Waals surface area contributed by atoms with E-state index in [0.29, 0.717) is 5.92 Å². The van der Waals surface area contributed by atoms with Crippen LogP contribution in [0, 0.1) is 12.7 Å². The summed E-state index contributed by atoms with van der Waals surface area (Å²) in [5.74, 6) is 0.982. The molecule has 0 atom stereocenters. The molecule has 2 heterocycles. The quantitative estimate of drug-likeness (QED) is 0.423. The van der Waals surface area contributed by atoms with Crippen molar-refractivity contribution in [1.29, 1.82) is 0 Å². The number of fused-ring (bicyclic) bond motifs is 1. The van der Waals surface area contributed by atoms with Gasteiger partial charge in [0.15, 0.2) is 11.5 Å². The maximum atomic E-state index is 13.7. The molecule has 0 N–H and O–H groups in total. The van der Waals surface area contributed by atoms with Gasteiger partial charge in [0, 0.05) is 24.7 Å². The molecular formula is C27H31FN2O. The minimum absolute atomic E-state index is 0.205. The molecule has 162 valence electrons. The number of rotatable bonds is 6. The molecule has 2 aromatic carbocycles. The van der Waals surface area contributed by atoms with E-state index < -0.39 is 0 Å². The van der Waals surface area contributed by atoms with Gasteiger partial charge in [0.25, 0.3) is 0 Å². The van der Waals surface area contributed by atoms with Gasteiger partial charge >= 0.3 is 0 Å². The Morgan fingerprint density at radius 2 is 2.00 bits per heavy atom. The Morgan fingerprint density at radius 1 is 1.23 bits per heavy atom. The topological polar surface area (TPSA) is 29.3 Å². The molecule has 4 heteroatoms. The second-order valence-electron chi connectivity index (χ2n) is 8.60. The van der Waals surface area contributed by atoms with E-state index >= 15 is 0 Å². The molecule has 3 nitrogen and oxygen atoms in total. The first-order chi connectivity index (χ1) is 15.0. The molecule has 0 aliphatic carbocycles. The monoisotopic (exact) mass is 418 g/mol. The van der Waals surface area contributed by atoms with E-state index in [1.807, 2.05) is 19.1 Å². The Balaban J connectivity index is 1.65. The fourth-order valence-corrected chi connectivity index (χ4v) is 4.39. The van der Waals surface area contributed by atoms with Crippen molar-refractivity contribution in [2.45, 2.75) is 52.4 Å². The first-order valence-corrected chi connectivity index (χ1v) is 11.2. The van der Waals surface area contributed by atoms with Crippen molar-refractivity contribution in [2.24, 2.45) is 0 Å². The lowest BCUT2D eigenvalue weighted by molar-refractivity contribution is 0.247. The number of unbranched alkanes of at least 4 members (excludes halogenated alkanes) is 1. The molecule has 1 aliphatic rings. The third-order valence-electron chi connectivity index (χ3n) is 6.22. The molecule has 0 radical (unpaired) electrons. The Labute approximate surface area is 184 Å². The van der Waals surface area contributed by atoms with Crippen molar-refractivity contribution < 1.29 is 8.81 Å². The largest absolute Gasteiger partial charge is 0.440 e. The number of benzene rings is 2. The van der Waals surface area contributed by atoms with Crippen LogP contribution in [0.2, 0.25) is 0 Å². The predicted molar refractivity (Wildman–Crippen MR) is 125 cm³/mol. The highest BCUT2D eigenvalue weighted by Gasteiger charge is 2.24. The summed E-state index contributed by atoms with van der Waals surface area (Å²) in [6.07, 6.45) is 6.33. The molecule has 1 fully saturated rings. The summed E-state index contributed by atoms with van der Waals surface area (Å²) in [7, 11) is 0. The highest BCUT2D eigenvalue weighted by molar-refractivity contribution is 5.86. The third kappa shape index (κ3) is 4.58. The van der Waals surface area contributed by atoms with Gasteiger partial charge in [0.1, 0.15) is 11.3 Å². The molecule has 1 aliphatic heterocycles. The van der Waals surface area contributed by atoms with Gasteiger partial charge in [0.05, 0.1) is 0 Å². The summed E-state index contributed by atoms with van der Waals surface area (Å²) < 4.78 is 19.9. The molecule has 0 amide bonds. The number of allylic oxidation sites excluding steroid dienone is 2. The van der Waals surface area contributed by atoms with Crippen LogP contribution in [0.5, 0.6) is 0 Å². The SMILES string of the molecule is C=C(C)N1CCC(c2nc3ccc(C(=CCCC)c4ccc(F)cc4C)cc3o2)CC1. The minimum Gasteiger partial charge on any atom is -0.440 e. The van der Waals surface area contributed by atoms with Crippen molar-refractivity contribution in [1.82, 2.24) is 9.88 Å². The fourth-order valence-electron chi connectivity index (χ4n) is 4.39. The van der Waals surface area contributed by atoms with Gasteiger partial charge in [-0.2, -0.15) is 0 Å². The molecule has 0 spiro atoms. The van der Waals surface area contributed by atoms with Crippen molar-refractivity contribution in [3.05, 3.63) is 83.1 Å². The molecule has 0 bridgehead atoms. The van der Waals surface area contributed by atoms with Crippen LogP contribution in [0.15, 0.2) is 59.2 Å². The maximum absolute atomic E-state index is 13.7. The number of aryl methyl sites for hydroxylation is 1. The fraction of sp³-hybridized carbons (Fsp3) is 0.370. The lowest BCUT2D eigenvalue weighted by atomic mass is 9.93. The zero-order valence-corrected chi connectivity index (χ0v) is 18.7. The van der Waals surface area contributed by atoms with E-state index in [2.05, 4.69) is 43.5 Å². The third-order valence-corrected chi connectivity index (χ3v) is 6.22. The Hall–Kier alpha value is -2.88. The Bertz CT molecular complexity index is 1120. The van der Waals surface area contributed by atoms with E-state index in [-0.39, 0.29) is 5.82 Å². The normalized spacial score (nSPS) is 15.6. The summed E-state index contributed by atoms with van der Waals surface area (Å²) in [6.45, 7) is 12.2. The number of nitrogens with zero attached hydrogens (tertiary/aromatic N) is 2. The summed E-state index contributed by atoms with van der Waals surface area (Å²) in [6, 6.07) is 11.2. The van der Waals surface area contributed by atoms with Crippen LogP contribution in [0.3, 0.4) is 0 Å². The van der Waals surface area contributed by atoms with Crippen molar-refractivity contribution in [3.8, 4) is 0 Å². The molecule has 0 unspecified atom stereocenters. The molecule has 31 heavy (non-hydrogen) atoms. The van der Waals surface area contributed by atoms with Gasteiger partial charge in [-0.3, -0.25) is 0 Å². The van der Waals surface area contributed by atoms with Crippen LogP contribution < -0.4 is 0 Å². The van der Waals surface area contributed by atoms with Crippen LogP contribution in [0.4, 0.5) is 4.39 Å². The van der Waals surface area contributed by atoms with Crippen LogP contribution in [-0.2, 0) is 0 Å². The number of halogens is 1. The van der Waals surface area contributed by atoms with E-state index in [4.69, 9.17) is 9.40 Å². The number of piperidine rings is 1.